The van der Waals surface area contributed by atoms with Crippen molar-refractivity contribution in [1.82, 2.24) is 0 Å². The molecule has 114 valence electrons. The molecule has 3 aromatic rings. The highest BCUT2D eigenvalue weighted by Crippen LogP contribution is 2.44. The number of halogens is 3. The Morgan fingerprint density at radius 3 is 2.14 bits per heavy atom. The third kappa shape index (κ3) is 1.83. The van der Waals surface area contributed by atoms with Crippen LogP contribution in [0, 0.1) is 6.92 Å². The first-order chi connectivity index (χ1) is 10.3. The molecular weight excluding hydrogens is 355 g/mol. The number of benzene rings is 2. The highest BCUT2D eigenvalue weighted by atomic mass is 35.5. The fourth-order valence-corrected chi connectivity index (χ4v) is 2.94. The summed E-state index contributed by atoms with van der Waals surface area (Å²) in [6.07, 6.45) is 0. The number of phenols is 3. The van der Waals surface area contributed by atoms with E-state index < -0.39 is 22.7 Å². The molecule has 0 aliphatic rings. The van der Waals surface area contributed by atoms with E-state index in [1.165, 1.54) is 6.92 Å². The predicted octanol–water partition coefficient (Wildman–Crippen LogP) is 4.33. The smallest absolute Gasteiger partial charge is 0.204 e. The molecule has 1 aromatic heterocycles. The van der Waals surface area contributed by atoms with Gasteiger partial charge in [0.1, 0.15) is 26.9 Å². The minimum absolute atomic E-state index is 0.0114. The molecule has 0 fully saturated rings. The highest BCUT2D eigenvalue weighted by Gasteiger charge is 2.23. The minimum Gasteiger partial charge on any atom is -0.507 e. The fraction of sp³-hybridized carbons (Fsp3) is 0.0714. The molecule has 0 saturated carbocycles. The number of fused-ring (bicyclic) bond motifs is 2. The van der Waals surface area contributed by atoms with E-state index in [0.717, 1.165) is 6.07 Å². The molecule has 0 amide bonds. The Kier molecular flexibility index (Phi) is 3.32. The van der Waals surface area contributed by atoms with E-state index in [-0.39, 0.29) is 42.6 Å². The number of rotatable bonds is 0. The van der Waals surface area contributed by atoms with Crippen LogP contribution in [-0.2, 0) is 0 Å². The highest BCUT2D eigenvalue weighted by molar-refractivity contribution is 6.41. The summed E-state index contributed by atoms with van der Waals surface area (Å²) in [7, 11) is 0. The van der Waals surface area contributed by atoms with E-state index in [1.54, 1.807) is 0 Å². The molecule has 0 atom stereocenters. The maximum absolute atomic E-state index is 12.6. The average Bonchev–Trinajstić information content (AvgIpc) is 2.47. The van der Waals surface area contributed by atoms with Gasteiger partial charge in [-0.2, -0.15) is 0 Å². The first-order valence-corrected chi connectivity index (χ1v) is 7.06. The summed E-state index contributed by atoms with van der Waals surface area (Å²) in [6, 6.07) is 0.937. The fourth-order valence-electron chi connectivity index (χ4n) is 2.29. The van der Waals surface area contributed by atoms with Gasteiger partial charge in [-0.15, -0.1) is 0 Å². The van der Waals surface area contributed by atoms with Gasteiger partial charge in [0.05, 0.1) is 10.4 Å². The molecule has 5 nitrogen and oxygen atoms in total. The summed E-state index contributed by atoms with van der Waals surface area (Å²) in [4.78, 5) is 12.6. The number of aromatic hydroxyl groups is 3. The zero-order valence-corrected chi connectivity index (χ0v) is 13.1. The van der Waals surface area contributed by atoms with Crippen molar-refractivity contribution in [3.8, 4) is 17.2 Å². The Hall–Kier alpha value is -1.82. The molecule has 0 saturated heterocycles. The van der Waals surface area contributed by atoms with Gasteiger partial charge in [-0.25, -0.2) is 0 Å². The van der Waals surface area contributed by atoms with Crippen LogP contribution in [0.4, 0.5) is 0 Å². The summed E-state index contributed by atoms with van der Waals surface area (Å²) < 4.78 is 5.46. The average molecular weight is 362 g/mol. The molecule has 2 aromatic carbocycles. The van der Waals surface area contributed by atoms with E-state index in [0.29, 0.717) is 0 Å². The Labute approximate surface area is 137 Å². The molecular formula is C14H7Cl3O5. The molecule has 3 rings (SSSR count). The van der Waals surface area contributed by atoms with Gasteiger partial charge in [0.25, 0.3) is 0 Å². The van der Waals surface area contributed by atoms with Gasteiger partial charge >= 0.3 is 0 Å². The van der Waals surface area contributed by atoms with E-state index in [4.69, 9.17) is 39.2 Å². The second-order valence-corrected chi connectivity index (χ2v) is 5.80. The van der Waals surface area contributed by atoms with Crippen LogP contribution in [0.3, 0.4) is 0 Å². The Bertz CT molecular complexity index is 1020. The van der Waals surface area contributed by atoms with Crippen LogP contribution in [-0.4, -0.2) is 15.3 Å². The van der Waals surface area contributed by atoms with Crippen molar-refractivity contribution in [1.29, 1.82) is 0 Å². The molecule has 0 aliphatic heterocycles. The van der Waals surface area contributed by atoms with Gasteiger partial charge in [0, 0.05) is 6.07 Å². The second-order valence-electron chi connectivity index (χ2n) is 4.67. The lowest BCUT2D eigenvalue weighted by Gasteiger charge is -2.11. The zero-order chi connectivity index (χ0) is 16.3. The molecule has 8 heteroatoms. The maximum atomic E-state index is 12.6. The summed E-state index contributed by atoms with van der Waals surface area (Å²) in [6.45, 7) is 1.50. The Balaban J connectivity index is 2.75. The van der Waals surface area contributed by atoms with Gasteiger partial charge in [0.2, 0.25) is 5.43 Å². The van der Waals surface area contributed by atoms with Crippen LogP contribution in [0.5, 0.6) is 17.2 Å². The number of phenolic OH excluding ortho intramolecular Hbond substituents is 3. The summed E-state index contributed by atoms with van der Waals surface area (Å²) in [5, 5.41) is 28.6. The molecule has 0 bridgehead atoms. The quantitative estimate of drug-likeness (QED) is 0.518. The summed E-state index contributed by atoms with van der Waals surface area (Å²) in [5.41, 5.74) is -0.750. The largest absolute Gasteiger partial charge is 0.507 e. The van der Waals surface area contributed by atoms with E-state index >= 15 is 0 Å². The first kappa shape index (κ1) is 15.1. The van der Waals surface area contributed by atoms with Crippen molar-refractivity contribution in [3.63, 3.8) is 0 Å². The van der Waals surface area contributed by atoms with Gasteiger partial charge in [0.15, 0.2) is 16.9 Å². The third-order valence-corrected chi connectivity index (χ3v) is 4.56. The first-order valence-electron chi connectivity index (χ1n) is 5.93. The van der Waals surface area contributed by atoms with Crippen molar-refractivity contribution in [2.75, 3.05) is 0 Å². The molecule has 0 radical (unpaired) electrons. The number of hydrogen-bond donors (Lipinski definition) is 3. The van der Waals surface area contributed by atoms with Crippen molar-refractivity contribution < 1.29 is 19.7 Å². The lowest BCUT2D eigenvalue weighted by molar-refractivity contribution is 0.453. The van der Waals surface area contributed by atoms with Gasteiger partial charge in [-0.1, -0.05) is 34.8 Å². The molecule has 0 aliphatic carbocycles. The molecule has 22 heavy (non-hydrogen) atoms. The zero-order valence-electron chi connectivity index (χ0n) is 10.9. The van der Waals surface area contributed by atoms with Crippen molar-refractivity contribution in [2.24, 2.45) is 0 Å². The lowest BCUT2D eigenvalue weighted by Crippen LogP contribution is -2.05. The second kappa shape index (κ2) is 4.84. The topological polar surface area (TPSA) is 90.9 Å². The standard InChI is InChI=1S/C14H7Cl3O5/c1-3-6-11(20)7-4(18)2-5(19)9(16)14(7)22-13(6)10(17)12(21)8(3)15/h2,18-19,21H,1H3. The van der Waals surface area contributed by atoms with Crippen LogP contribution in [0.2, 0.25) is 15.1 Å². The molecule has 0 unspecified atom stereocenters. The lowest BCUT2D eigenvalue weighted by atomic mass is 10.1. The van der Waals surface area contributed by atoms with Gasteiger partial charge < -0.3 is 19.7 Å². The van der Waals surface area contributed by atoms with Crippen molar-refractivity contribution in [3.05, 3.63) is 36.9 Å². The van der Waals surface area contributed by atoms with E-state index in [9.17, 15) is 20.1 Å². The van der Waals surface area contributed by atoms with E-state index in [2.05, 4.69) is 0 Å². The van der Waals surface area contributed by atoms with Crippen molar-refractivity contribution >= 4 is 56.7 Å². The summed E-state index contributed by atoms with van der Waals surface area (Å²) in [5.74, 6) is -1.39. The van der Waals surface area contributed by atoms with Gasteiger partial charge in [-0.3, -0.25) is 4.79 Å². The SMILES string of the molecule is Cc1c(Cl)c(O)c(Cl)c2oc3c(Cl)c(O)cc(O)c3c(=O)c12. The molecule has 3 N–H and O–H groups in total. The van der Waals surface area contributed by atoms with Crippen LogP contribution in [0.1, 0.15) is 5.56 Å². The monoisotopic (exact) mass is 360 g/mol. The van der Waals surface area contributed by atoms with Gasteiger partial charge in [-0.05, 0) is 12.5 Å². The van der Waals surface area contributed by atoms with E-state index in [1.807, 2.05) is 0 Å². The van der Waals surface area contributed by atoms with Crippen LogP contribution in [0.25, 0.3) is 21.9 Å². The summed E-state index contributed by atoms with van der Waals surface area (Å²) >= 11 is 17.8. The normalized spacial score (nSPS) is 11.5. The Morgan fingerprint density at radius 1 is 0.909 bits per heavy atom. The molecule has 0 spiro atoms. The Morgan fingerprint density at radius 2 is 1.50 bits per heavy atom. The van der Waals surface area contributed by atoms with Crippen LogP contribution < -0.4 is 5.43 Å². The predicted molar refractivity (Wildman–Crippen MR) is 84.8 cm³/mol. The maximum Gasteiger partial charge on any atom is 0.204 e. The van der Waals surface area contributed by atoms with Crippen LogP contribution >= 0.6 is 34.8 Å². The minimum atomic E-state index is -0.628. The van der Waals surface area contributed by atoms with Crippen LogP contribution in [0.15, 0.2) is 15.3 Å². The number of hydrogen-bond acceptors (Lipinski definition) is 5. The third-order valence-electron chi connectivity index (χ3n) is 3.39. The molecule has 1 heterocycles. The number of aryl methyl sites for hydroxylation is 1. The van der Waals surface area contributed by atoms with Crippen molar-refractivity contribution in [2.45, 2.75) is 6.92 Å².